The van der Waals surface area contributed by atoms with E-state index in [0.29, 0.717) is 0 Å². The van der Waals surface area contributed by atoms with Gasteiger partial charge in [-0.15, -0.1) is 0 Å². The maximum Gasteiger partial charge on any atom is 0.277 e. The number of halogens is 6. The van der Waals surface area contributed by atoms with Crippen molar-refractivity contribution in [3.8, 4) is 5.75 Å². The van der Waals surface area contributed by atoms with E-state index in [1.807, 2.05) is 0 Å². The highest BCUT2D eigenvalue weighted by molar-refractivity contribution is 5.83. The van der Waals surface area contributed by atoms with Gasteiger partial charge in [-0.2, -0.15) is 5.10 Å². The minimum atomic E-state index is -2.31. The van der Waals surface area contributed by atoms with Crippen LogP contribution in [0.25, 0.3) is 0 Å². The molecule has 0 aliphatic carbocycles. The number of benzene rings is 2. The average Bonchev–Trinajstić information content (AvgIpc) is 2.60. The zero-order valence-electron chi connectivity index (χ0n) is 12.1. The average molecular weight is 362 g/mol. The number of hydrogen-bond acceptors (Lipinski definition) is 3. The van der Waals surface area contributed by atoms with Gasteiger partial charge in [0, 0.05) is 0 Å². The Morgan fingerprint density at radius 3 is 2.12 bits per heavy atom. The van der Waals surface area contributed by atoms with Crippen molar-refractivity contribution in [2.45, 2.75) is 0 Å². The van der Waals surface area contributed by atoms with E-state index in [4.69, 9.17) is 4.74 Å². The van der Waals surface area contributed by atoms with Gasteiger partial charge >= 0.3 is 0 Å². The number of carbonyl (C=O) groups is 1. The van der Waals surface area contributed by atoms with Crippen molar-refractivity contribution in [3.63, 3.8) is 0 Å². The van der Waals surface area contributed by atoms with E-state index in [-0.39, 0.29) is 12.0 Å². The molecular formula is C15H8F6N2O2. The summed E-state index contributed by atoms with van der Waals surface area (Å²) in [6.07, 6.45) is 0.247. The maximum atomic E-state index is 13.3. The Balaban J connectivity index is 2.02. The minimum Gasteiger partial charge on any atom is -0.481 e. The second kappa shape index (κ2) is 7.69. The molecule has 0 fully saturated rings. The lowest BCUT2D eigenvalue weighted by molar-refractivity contribution is -0.123. The van der Waals surface area contributed by atoms with Crippen molar-refractivity contribution >= 4 is 12.1 Å². The van der Waals surface area contributed by atoms with Crippen LogP contribution in [-0.2, 0) is 4.79 Å². The Hall–Kier alpha value is -3.04. The summed E-state index contributed by atoms with van der Waals surface area (Å²) in [5.74, 6) is -12.7. The molecule has 0 aromatic heterocycles. The molecule has 1 amide bonds. The molecule has 2 aromatic rings. The summed E-state index contributed by atoms with van der Waals surface area (Å²) < 4.78 is 83.6. The third-order valence-corrected chi connectivity index (χ3v) is 2.82. The molecule has 1 N–H and O–H groups in total. The first-order chi connectivity index (χ1) is 11.8. The van der Waals surface area contributed by atoms with Gasteiger partial charge in [0.05, 0.1) is 11.8 Å². The largest absolute Gasteiger partial charge is 0.481 e. The van der Waals surface area contributed by atoms with Crippen molar-refractivity contribution < 1.29 is 35.9 Å². The lowest BCUT2D eigenvalue weighted by Crippen LogP contribution is -2.25. The van der Waals surface area contributed by atoms with Gasteiger partial charge in [-0.25, -0.2) is 31.8 Å². The Kier molecular flexibility index (Phi) is 5.63. The third kappa shape index (κ3) is 4.08. The summed E-state index contributed by atoms with van der Waals surface area (Å²) in [5, 5.41) is 3.08. The predicted octanol–water partition coefficient (Wildman–Crippen LogP) is 3.05. The highest BCUT2D eigenvalue weighted by Gasteiger charge is 2.24. The zero-order chi connectivity index (χ0) is 18.6. The van der Waals surface area contributed by atoms with Gasteiger partial charge < -0.3 is 4.74 Å². The Bertz CT molecular complexity index is 812. The smallest absolute Gasteiger partial charge is 0.277 e. The number of carbonyl (C=O) groups excluding carboxylic acids is 1. The van der Waals surface area contributed by atoms with Crippen molar-refractivity contribution in [1.82, 2.24) is 5.43 Å². The van der Waals surface area contributed by atoms with Crippen molar-refractivity contribution in [2.75, 3.05) is 6.61 Å². The highest BCUT2D eigenvalue weighted by Crippen LogP contribution is 2.21. The SMILES string of the molecule is O=C(COc1ccccc1F)N/N=C\c1c(F)c(F)c(F)c(F)c1F. The third-order valence-electron chi connectivity index (χ3n) is 2.82. The number of nitrogens with one attached hydrogen (secondary N) is 1. The maximum absolute atomic E-state index is 13.3. The number of hydrogen-bond donors (Lipinski definition) is 1. The van der Waals surface area contributed by atoms with Crippen LogP contribution in [0.1, 0.15) is 5.56 Å². The number of para-hydroxylation sites is 1. The number of rotatable bonds is 5. The van der Waals surface area contributed by atoms with E-state index in [1.54, 1.807) is 5.43 Å². The monoisotopic (exact) mass is 362 g/mol. The highest BCUT2D eigenvalue weighted by atomic mass is 19.2. The topological polar surface area (TPSA) is 50.7 Å². The molecule has 0 aliphatic heterocycles. The number of nitrogens with zero attached hydrogens (tertiary/aromatic N) is 1. The second-order valence-corrected chi connectivity index (χ2v) is 4.50. The first-order valence-electron chi connectivity index (χ1n) is 6.53. The van der Waals surface area contributed by atoms with Gasteiger partial charge in [-0.3, -0.25) is 4.79 Å². The van der Waals surface area contributed by atoms with Crippen LogP contribution in [0, 0.1) is 34.9 Å². The zero-order valence-corrected chi connectivity index (χ0v) is 12.1. The Morgan fingerprint density at radius 1 is 0.960 bits per heavy atom. The molecule has 0 saturated carbocycles. The molecular weight excluding hydrogens is 354 g/mol. The normalized spacial score (nSPS) is 11.0. The minimum absolute atomic E-state index is 0.221. The van der Waals surface area contributed by atoms with Crippen molar-refractivity contribution in [1.29, 1.82) is 0 Å². The molecule has 0 heterocycles. The first kappa shape index (κ1) is 18.3. The molecule has 0 bridgehead atoms. The summed E-state index contributed by atoms with van der Waals surface area (Å²) in [7, 11) is 0. The summed E-state index contributed by atoms with van der Waals surface area (Å²) in [4.78, 5) is 11.4. The molecule has 4 nitrogen and oxygen atoms in total. The number of ether oxygens (including phenoxy) is 1. The molecule has 132 valence electrons. The fraction of sp³-hybridized carbons (Fsp3) is 0.0667. The standard InChI is InChI=1S/C15H8F6N2O2/c16-8-3-1-2-4-9(8)25-6-10(24)23-22-5-7-11(17)13(19)15(21)14(20)12(7)18/h1-5H,6H2,(H,23,24)/b22-5-. The lowest BCUT2D eigenvalue weighted by atomic mass is 10.2. The quantitative estimate of drug-likeness (QED) is 0.292. The van der Waals surface area contributed by atoms with Crippen LogP contribution in [-0.4, -0.2) is 18.7 Å². The van der Waals surface area contributed by atoms with Crippen LogP contribution >= 0.6 is 0 Å². The van der Waals surface area contributed by atoms with Crippen LogP contribution in [0.4, 0.5) is 26.3 Å². The summed E-state index contributed by atoms with van der Waals surface area (Å²) in [6.45, 7) is -0.699. The van der Waals surface area contributed by atoms with E-state index >= 15 is 0 Å². The summed E-state index contributed by atoms with van der Waals surface area (Å²) in [5.41, 5.74) is 0.413. The molecule has 10 heteroatoms. The van der Waals surface area contributed by atoms with E-state index in [9.17, 15) is 31.1 Å². The molecule has 0 radical (unpaired) electrons. The fourth-order valence-electron chi connectivity index (χ4n) is 1.64. The predicted molar refractivity (Wildman–Crippen MR) is 73.9 cm³/mol. The van der Waals surface area contributed by atoms with Gasteiger partial charge in [-0.1, -0.05) is 12.1 Å². The van der Waals surface area contributed by atoms with Crippen LogP contribution in [0.5, 0.6) is 5.75 Å². The van der Waals surface area contributed by atoms with E-state index in [0.717, 1.165) is 6.07 Å². The van der Waals surface area contributed by atoms with E-state index < -0.39 is 53.0 Å². The second-order valence-electron chi connectivity index (χ2n) is 4.50. The molecule has 25 heavy (non-hydrogen) atoms. The van der Waals surface area contributed by atoms with Gasteiger partial charge in [0.15, 0.2) is 41.4 Å². The van der Waals surface area contributed by atoms with Gasteiger partial charge in [-0.05, 0) is 12.1 Å². The van der Waals surface area contributed by atoms with Gasteiger partial charge in [0.2, 0.25) is 5.82 Å². The van der Waals surface area contributed by atoms with Crippen LogP contribution in [0.15, 0.2) is 29.4 Å². The number of hydrazone groups is 1. The van der Waals surface area contributed by atoms with Crippen LogP contribution in [0.2, 0.25) is 0 Å². The fourth-order valence-corrected chi connectivity index (χ4v) is 1.64. The number of amides is 1. The molecule has 0 saturated heterocycles. The lowest BCUT2D eigenvalue weighted by Gasteiger charge is -2.06. The molecule has 2 rings (SSSR count). The Labute approximate surface area is 136 Å². The van der Waals surface area contributed by atoms with Crippen molar-refractivity contribution in [3.05, 3.63) is 64.7 Å². The summed E-state index contributed by atoms with van der Waals surface area (Å²) in [6, 6.07) is 5.20. The van der Waals surface area contributed by atoms with Crippen molar-refractivity contribution in [2.24, 2.45) is 5.10 Å². The van der Waals surface area contributed by atoms with Crippen LogP contribution in [0.3, 0.4) is 0 Å². The molecule has 0 aliphatic rings. The molecule has 0 spiro atoms. The molecule has 2 aromatic carbocycles. The first-order valence-corrected chi connectivity index (χ1v) is 6.53. The van der Waals surface area contributed by atoms with E-state index in [2.05, 4.69) is 5.10 Å². The van der Waals surface area contributed by atoms with Gasteiger partial charge in [0.1, 0.15) is 0 Å². The van der Waals surface area contributed by atoms with Crippen LogP contribution < -0.4 is 10.2 Å². The summed E-state index contributed by atoms with van der Waals surface area (Å²) >= 11 is 0. The Morgan fingerprint density at radius 2 is 1.52 bits per heavy atom. The molecule has 0 unspecified atom stereocenters. The van der Waals surface area contributed by atoms with E-state index in [1.165, 1.54) is 18.2 Å². The molecule has 0 atom stereocenters. The van der Waals surface area contributed by atoms with Gasteiger partial charge in [0.25, 0.3) is 5.91 Å².